The van der Waals surface area contributed by atoms with Gasteiger partial charge in [0.1, 0.15) is 0 Å². The smallest absolute Gasteiger partial charge is 0.00203 e. The average molecular weight is 603 g/mol. The number of hydrogen-bond acceptors (Lipinski definition) is 0. The van der Waals surface area contributed by atoms with Gasteiger partial charge in [0.25, 0.3) is 0 Å². The zero-order chi connectivity index (χ0) is 30.9. The zero-order valence-electron chi connectivity index (χ0n) is 26.9. The third-order valence-corrected chi connectivity index (χ3v) is 11.5. The Balaban J connectivity index is 1.11. The second-order valence-corrected chi connectivity index (χ2v) is 14.0. The highest BCUT2D eigenvalue weighted by molar-refractivity contribution is 6.20. The van der Waals surface area contributed by atoms with E-state index in [1.54, 1.807) is 0 Å². The van der Waals surface area contributed by atoms with Gasteiger partial charge in [0.2, 0.25) is 0 Å². The minimum atomic E-state index is 0.687. The van der Waals surface area contributed by atoms with Crippen LogP contribution in [0.5, 0.6) is 0 Å². The molecular weight excluding hydrogens is 565 g/mol. The molecule has 0 heteroatoms. The Morgan fingerprint density at radius 2 is 1.23 bits per heavy atom. The van der Waals surface area contributed by atoms with Crippen molar-refractivity contribution >= 4 is 61.6 Å². The highest BCUT2D eigenvalue weighted by atomic mass is 14.3. The van der Waals surface area contributed by atoms with Crippen molar-refractivity contribution < 1.29 is 0 Å². The summed E-state index contributed by atoms with van der Waals surface area (Å²) < 4.78 is 0. The first-order valence-electron chi connectivity index (χ1n) is 17.7. The lowest BCUT2D eigenvalue weighted by atomic mass is 9.76. The third kappa shape index (κ3) is 4.20. The van der Waals surface area contributed by atoms with E-state index in [-0.39, 0.29) is 0 Å². The van der Waals surface area contributed by atoms with E-state index in [0.717, 1.165) is 38.5 Å². The minimum Gasteiger partial charge on any atom is -0.0839 e. The van der Waals surface area contributed by atoms with Crippen LogP contribution in [0.2, 0.25) is 0 Å². The molecule has 47 heavy (non-hydrogen) atoms. The van der Waals surface area contributed by atoms with Crippen LogP contribution in [0.3, 0.4) is 0 Å². The minimum absolute atomic E-state index is 0.687. The fraction of sp³-hybridized carbons (Fsp3) is 0.191. The Labute approximate surface area is 277 Å². The summed E-state index contributed by atoms with van der Waals surface area (Å²) in [5.74, 6) is 0.687. The molecule has 0 nitrogen and oxygen atoms in total. The van der Waals surface area contributed by atoms with Crippen LogP contribution in [-0.2, 0) is 0 Å². The van der Waals surface area contributed by atoms with Gasteiger partial charge in [-0.1, -0.05) is 128 Å². The van der Waals surface area contributed by atoms with Crippen molar-refractivity contribution in [2.24, 2.45) is 5.92 Å². The zero-order valence-corrected chi connectivity index (χ0v) is 26.9. The molecule has 0 saturated heterocycles. The van der Waals surface area contributed by atoms with Crippen molar-refractivity contribution in [3.63, 3.8) is 0 Å². The van der Waals surface area contributed by atoms with E-state index in [1.807, 2.05) is 0 Å². The van der Waals surface area contributed by atoms with Crippen LogP contribution in [0, 0.1) is 5.92 Å². The van der Waals surface area contributed by atoms with Gasteiger partial charge < -0.3 is 0 Å². The number of rotatable bonds is 3. The van der Waals surface area contributed by atoms with Crippen LogP contribution in [0.4, 0.5) is 0 Å². The molecule has 0 saturated carbocycles. The van der Waals surface area contributed by atoms with Gasteiger partial charge in [-0.2, -0.15) is 0 Å². The first-order valence-corrected chi connectivity index (χ1v) is 17.7. The van der Waals surface area contributed by atoms with E-state index in [4.69, 9.17) is 0 Å². The van der Waals surface area contributed by atoms with Crippen LogP contribution in [0.1, 0.15) is 79.2 Å². The van der Waals surface area contributed by atoms with Crippen LogP contribution >= 0.6 is 0 Å². The Bertz CT molecular complexity index is 2410. The summed E-state index contributed by atoms with van der Waals surface area (Å²) in [6, 6.07) is 20.9. The number of hydrogen-bond donors (Lipinski definition) is 0. The molecule has 0 N–H and O–H groups in total. The summed E-state index contributed by atoms with van der Waals surface area (Å²) in [6.45, 7) is 0. The molecular formula is C47H38. The van der Waals surface area contributed by atoms with Crippen molar-refractivity contribution in [1.82, 2.24) is 0 Å². The molecule has 226 valence electrons. The molecule has 0 heterocycles. The number of allylic oxidation sites excluding steroid dienone is 16. The molecule has 0 aromatic heterocycles. The van der Waals surface area contributed by atoms with Crippen molar-refractivity contribution in [2.45, 2.75) is 51.4 Å². The largest absolute Gasteiger partial charge is 0.0839 e. The summed E-state index contributed by atoms with van der Waals surface area (Å²) in [5.41, 5.74) is 15.8. The molecule has 0 fully saturated rings. The maximum atomic E-state index is 2.54. The van der Waals surface area contributed by atoms with Crippen molar-refractivity contribution in [3.05, 3.63) is 159 Å². The Kier molecular flexibility index (Phi) is 6.26. The first-order chi connectivity index (χ1) is 23.3. The molecule has 1 atom stereocenters. The molecule has 6 aliphatic carbocycles. The molecule has 0 aliphatic heterocycles. The third-order valence-electron chi connectivity index (χ3n) is 11.5. The molecule has 6 aliphatic rings. The van der Waals surface area contributed by atoms with Crippen LogP contribution in [0.25, 0.3) is 61.6 Å². The second kappa shape index (κ2) is 10.8. The van der Waals surface area contributed by atoms with Gasteiger partial charge in [-0.05, 0) is 151 Å². The van der Waals surface area contributed by atoms with E-state index in [9.17, 15) is 0 Å². The highest BCUT2D eigenvalue weighted by Gasteiger charge is 2.26. The van der Waals surface area contributed by atoms with Gasteiger partial charge in [0.15, 0.2) is 0 Å². The fourth-order valence-electron chi connectivity index (χ4n) is 9.30. The van der Waals surface area contributed by atoms with E-state index < -0.39 is 0 Å². The summed E-state index contributed by atoms with van der Waals surface area (Å²) in [5, 5.41) is 8.58. The molecule has 0 amide bonds. The van der Waals surface area contributed by atoms with Gasteiger partial charge in [-0.3, -0.25) is 0 Å². The molecule has 4 aromatic rings. The van der Waals surface area contributed by atoms with E-state index >= 15 is 0 Å². The predicted molar refractivity (Wildman–Crippen MR) is 203 cm³/mol. The standard InChI is InChI=1S/C47H38/c1-2-13-36-37(14-3-1)44-28-27-35(38-19-10-20-39(36)47(38)44)31-22-24-32(25-23-31)45-40-15-6-8-17-42(40)46(43-18-9-7-16-41(43)45)34-26-21-30-11-4-5-12-33(30)29-34/h2-6,8,10,12-20,22,24,27-30H,1,7,9,11,21,23,25-26H2. The van der Waals surface area contributed by atoms with Crippen LogP contribution in [-0.4, -0.2) is 0 Å². The first kappa shape index (κ1) is 27.2. The normalized spacial score (nSPS) is 20.8. The summed E-state index contributed by atoms with van der Waals surface area (Å²) in [4.78, 5) is 0. The van der Waals surface area contributed by atoms with Crippen molar-refractivity contribution in [1.29, 1.82) is 0 Å². The maximum Gasteiger partial charge on any atom is -0.00203 e. The molecule has 1 unspecified atom stereocenters. The van der Waals surface area contributed by atoms with Crippen molar-refractivity contribution in [3.8, 4) is 0 Å². The summed E-state index contributed by atoms with van der Waals surface area (Å²) >= 11 is 0. The second-order valence-electron chi connectivity index (χ2n) is 14.0. The number of fused-ring (bicyclic) bond motifs is 5. The number of benzene rings is 4. The quantitative estimate of drug-likeness (QED) is 0.219. The van der Waals surface area contributed by atoms with E-state index in [2.05, 4.69) is 128 Å². The molecule has 0 spiro atoms. The molecule has 0 bridgehead atoms. The summed E-state index contributed by atoms with van der Waals surface area (Å²) in [7, 11) is 0. The highest BCUT2D eigenvalue weighted by Crippen LogP contribution is 2.47. The Morgan fingerprint density at radius 3 is 2.00 bits per heavy atom. The van der Waals surface area contributed by atoms with Crippen molar-refractivity contribution in [2.75, 3.05) is 0 Å². The fourth-order valence-corrected chi connectivity index (χ4v) is 9.30. The molecule has 0 radical (unpaired) electrons. The Morgan fingerprint density at radius 1 is 0.553 bits per heavy atom. The average Bonchev–Trinajstić information content (AvgIpc) is 3.26. The van der Waals surface area contributed by atoms with E-state index in [1.165, 1.54) is 106 Å². The SMILES string of the molecule is C1=CCC2CCC(c3c4c(c(C5=CC=C(c6ccc7c8c(cccc68)C6=C7C=CCC=C6)CC5)c5ccccc35)=CCCC=4)=CC2=C1. The van der Waals surface area contributed by atoms with Gasteiger partial charge >= 0.3 is 0 Å². The lowest BCUT2D eigenvalue weighted by Crippen LogP contribution is -2.34. The van der Waals surface area contributed by atoms with Crippen LogP contribution < -0.4 is 10.4 Å². The Hall–Kier alpha value is -4.94. The predicted octanol–water partition coefficient (Wildman–Crippen LogP) is 11.0. The van der Waals surface area contributed by atoms with Crippen LogP contribution in [0.15, 0.2) is 121 Å². The molecule has 10 rings (SSSR count). The van der Waals surface area contributed by atoms with Gasteiger partial charge in [-0.25, -0.2) is 0 Å². The summed E-state index contributed by atoms with van der Waals surface area (Å²) in [6.07, 6.45) is 37.6. The lowest BCUT2D eigenvalue weighted by Gasteiger charge is -2.28. The van der Waals surface area contributed by atoms with Gasteiger partial charge in [0.05, 0.1) is 0 Å². The maximum absolute atomic E-state index is 2.54. The van der Waals surface area contributed by atoms with Gasteiger partial charge in [-0.15, -0.1) is 0 Å². The lowest BCUT2D eigenvalue weighted by molar-refractivity contribution is 0.572. The van der Waals surface area contributed by atoms with E-state index in [0.29, 0.717) is 5.92 Å². The monoisotopic (exact) mass is 602 g/mol. The van der Waals surface area contributed by atoms with Gasteiger partial charge in [0, 0.05) is 0 Å². The topological polar surface area (TPSA) is 0 Å². The molecule has 4 aromatic carbocycles.